The van der Waals surface area contributed by atoms with Gasteiger partial charge in [0, 0.05) is 56.3 Å². The highest BCUT2D eigenvalue weighted by molar-refractivity contribution is 5.87. The Balaban J connectivity index is 0.999. The van der Waals surface area contributed by atoms with E-state index in [1.165, 1.54) is 57.8 Å². The molecular weight excluding hydrogens is 514 g/mol. The van der Waals surface area contributed by atoms with E-state index in [-0.39, 0.29) is 29.6 Å². The Morgan fingerprint density at radius 1 is 1.05 bits per heavy atom. The number of hydrogen-bond acceptors (Lipinski definition) is 6. The number of piperidine rings is 2. The fourth-order valence-corrected chi connectivity index (χ4v) is 7.72. The van der Waals surface area contributed by atoms with E-state index in [0.29, 0.717) is 24.9 Å². The third-order valence-corrected chi connectivity index (χ3v) is 10.2. The lowest BCUT2D eigenvalue weighted by molar-refractivity contribution is -0.149. The van der Waals surface area contributed by atoms with E-state index in [9.17, 15) is 9.59 Å². The van der Waals surface area contributed by atoms with Gasteiger partial charge in [0.15, 0.2) is 0 Å². The summed E-state index contributed by atoms with van der Waals surface area (Å²) in [6.07, 6.45) is 22.0. The van der Waals surface area contributed by atoms with E-state index < -0.39 is 0 Å². The van der Waals surface area contributed by atoms with Crippen LogP contribution in [0.15, 0.2) is 18.5 Å². The normalized spacial score (nSPS) is 26.9. The van der Waals surface area contributed by atoms with Gasteiger partial charge in [-0.1, -0.05) is 51.4 Å². The molecule has 3 aliphatic heterocycles. The summed E-state index contributed by atoms with van der Waals surface area (Å²) in [6.45, 7) is 5.14. The van der Waals surface area contributed by atoms with Crippen molar-refractivity contribution in [2.75, 3.05) is 31.6 Å². The topological polar surface area (TPSA) is 95.6 Å². The molecule has 0 bridgehead atoms. The van der Waals surface area contributed by atoms with Crippen molar-refractivity contribution in [2.45, 2.75) is 127 Å². The van der Waals surface area contributed by atoms with Gasteiger partial charge in [-0.25, -0.2) is 0 Å². The number of hydrogen-bond donors (Lipinski definition) is 3. The molecule has 0 aromatic carbocycles. The summed E-state index contributed by atoms with van der Waals surface area (Å²) in [4.78, 5) is 32.5. The lowest BCUT2D eigenvalue weighted by atomic mass is 9.76. The predicted octanol–water partition coefficient (Wildman–Crippen LogP) is 5.18. The van der Waals surface area contributed by atoms with E-state index >= 15 is 0 Å². The lowest BCUT2D eigenvalue weighted by Gasteiger charge is -2.47. The average molecular weight is 568 g/mol. The summed E-state index contributed by atoms with van der Waals surface area (Å²) in [7, 11) is 0. The minimum absolute atomic E-state index is 0.0632. The molecule has 3 fully saturated rings. The Kier molecular flexibility index (Phi) is 10.9. The molecule has 5 rings (SSSR count). The van der Waals surface area contributed by atoms with Crippen molar-refractivity contribution in [2.24, 2.45) is 11.8 Å². The van der Waals surface area contributed by atoms with Crippen LogP contribution in [0.1, 0.15) is 109 Å². The largest absolute Gasteiger partial charge is 0.373 e. The van der Waals surface area contributed by atoms with Crippen molar-refractivity contribution in [3.63, 3.8) is 0 Å². The van der Waals surface area contributed by atoms with Gasteiger partial charge in [0.2, 0.25) is 11.8 Å². The van der Waals surface area contributed by atoms with Gasteiger partial charge in [0.05, 0.1) is 5.92 Å². The standard InChI is InChI=1S/C33H53N5O3/c1-2-41-31-27(12-18-33(37-31)16-8-5-3-4-6-9-17-33)32(40)38-21-14-25(15-22-38)11-7-10-19-35-30(39)29-23-26-24-34-20-13-28(26)36-29/h13,20,24-25,27,29,31,36-37H,2-12,14-19,21-23H2,1H3,(H,35,39). The SMILES string of the molecule is CCOC1NC2(CCCCCCCC2)CCC1C(=O)N1CCC(CCCCNC(=O)C2Cc3cnccc3N2)CC1. The summed E-state index contributed by atoms with van der Waals surface area (Å²) in [5.41, 5.74) is 2.29. The van der Waals surface area contributed by atoms with Gasteiger partial charge < -0.3 is 20.3 Å². The van der Waals surface area contributed by atoms with Gasteiger partial charge in [0.1, 0.15) is 12.3 Å². The van der Waals surface area contributed by atoms with Gasteiger partial charge in [0.25, 0.3) is 0 Å². The first-order valence-corrected chi connectivity index (χ1v) is 16.7. The number of anilines is 1. The van der Waals surface area contributed by atoms with Gasteiger partial charge in [-0.15, -0.1) is 0 Å². The summed E-state index contributed by atoms with van der Waals surface area (Å²) in [5.74, 6) is 0.981. The number of aromatic nitrogens is 1. The molecule has 4 aliphatic rings. The quantitative estimate of drug-likeness (QED) is 0.356. The van der Waals surface area contributed by atoms with E-state index in [2.05, 4.69) is 25.8 Å². The summed E-state index contributed by atoms with van der Waals surface area (Å²) >= 11 is 0. The van der Waals surface area contributed by atoms with Crippen molar-refractivity contribution >= 4 is 17.5 Å². The molecule has 3 N–H and O–H groups in total. The Bertz CT molecular complexity index is 960. The number of carbonyl (C=O) groups is 2. The molecule has 4 heterocycles. The van der Waals surface area contributed by atoms with Crippen LogP contribution >= 0.6 is 0 Å². The average Bonchev–Trinajstić information content (AvgIpc) is 3.47. The Morgan fingerprint density at radius 3 is 2.54 bits per heavy atom. The number of carbonyl (C=O) groups excluding carboxylic acids is 2. The van der Waals surface area contributed by atoms with Crippen LogP contribution in [0.2, 0.25) is 0 Å². The minimum atomic E-state index is -0.190. The molecule has 8 nitrogen and oxygen atoms in total. The van der Waals surface area contributed by atoms with Gasteiger partial charge >= 0.3 is 0 Å². The molecule has 3 unspecified atom stereocenters. The molecule has 1 aromatic heterocycles. The number of nitrogens with zero attached hydrogens (tertiary/aromatic N) is 2. The molecule has 41 heavy (non-hydrogen) atoms. The maximum Gasteiger partial charge on any atom is 0.242 e. The van der Waals surface area contributed by atoms with E-state index in [1.807, 2.05) is 19.2 Å². The monoisotopic (exact) mass is 567 g/mol. The van der Waals surface area contributed by atoms with Crippen molar-refractivity contribution in [1.29, 1.82) is 0 Å². The number of rotatable bonds is 9. The van der Waals surface area contributed by atoms with E-state index in [1.54, 1.807) is 6.20 Å². The van der Waals surface area contributed by atoms with E-state index in [4.69, 9.17) is 4.74 Å². The fourth-order valence-electron chi connectivity index (χ4n) is 7.72. The van der Waals surface area contributed by atoms with Gasteiger partial charge in [-0.05, 0) is 69.4 Å². The second-order valence-corrected chi connectivity index (χ2v) is 13.1. The van der Waals surface area contributed by atoms with Crippen LogP contribution in [-0.2, 0) is 20.7 Å². The smallest absolute Gasteiger partial charge is 0.242 e. The van der Waals surface area contributed by atoms with Crippen LogP contribution in [0.4, 0.5) is 5.69 Å². The van der Waals surface area contributed by atoms with E-state index in [0.717, 1.165) is 69.4 Å². The molecule has 0 radical (unpaired) electrons. The van der Waals surface area contributed by atoms with Crippen LogP contribution in [0, 0.1) is 11.8 Å². The number of fused-ring (bicyclic) bond motifs is 1. The van der Waals surface area contributed by atoms with Crippen molar-refractivity contribution in [1.82, 2.24) is 20.5 Å². The summed E-state index contributed by atoms with van der Waals surface area (Å²) < 4.78 is 6.21. The third kappa shape index (κ3) is 8.01. The highest BCUT2D eigenvalue weighted by Gasteiger charge is 2.44. The van der Waals surface area contributed by atoms with Crippen LogP contribution in [0.3, 0.4) is 0 Å². The maximum absolute atomic E-state index is 13.7. The summed E-state index contributed by atoms with van der Waals surface area (Å²) in [5, 5.41) is 10.3. The third-order valence-electron chi connectivity index (χ3n) is 10.2. The Hall–Kier alpha value is -2.19. The Labute approximate surface area is 247 Å². The molecule has 3 atom stereocenters. The molecule has 2 saturated heterocycles. The molecule has 1 spiro atoms. The molecule has 2 amide bonds. The Morgan fingerprint density at radius 2 is 1.80 bits per heavy atom. The second kappa shape index (κ2) is 14.8. The second-order valence-electron chi connectivity index (χ2n) is 13.1. The zero-order valence-corrected chi connectivity index (χ0v) is 25.3. The van der Waals surface area contributed by atoms with Crippen LogP contribution in [-0.4, -0.2) is 65.7 Å². The lowest BCUT2D eigenvalue weighted by Crippen LogP contribution is -2.61. The van der Waals surface area contributed by atoms with Crippen LogP contribution in [0.25, 0.3) is 0 Å². The number of pyridine rings is 1. The number of unbranched alkanes of at least 4 members (excludes halogenated alkanes) is 1. The fraction of sp³-hybridized carbons (Fsp3) is 0.788. The first kappa shape index (κ1) is 30.3. The van der Waals surface area contributed by atoms with Crippen LogP contribution in [0.5, 0.6) is 0 Å². The number of ether oxygens (including phenoxy) is 1. The van der Waals surface area contributed by atoms with Gasteiger partial charge in [-0.3, -0.25) is 19.9 Å². The molecular formula is C33H53N5O3. The molecule has 1 aliphatic carbocycles. The number of amides is 2. The van der Waals surface area contributed by atoms with Crippen molar-refractivity contribution < 1.29 is 14.3 Å². The highest BCUT2D eigenvalue weighted by Crippen LogP contribution is 2.38. The molecule has 8 heteroatoms. The molecule has 1 saturated carbocycles. The predicted molar refractivity (Wildman–Crippen MR) is 162 cm³/mol. The minimum Gasteiger partial charge on any atom is -0.373 e. The van der Waals surface area contributed by atoms with Crippen molar-refractivity contribution in [3.05, 3.63) is 24.0 Å². The van der Waals surface area contributed by atoms with Crippen LogP contribution < -0.4 is 16.0 Å². The van der Waals surface area contributed by atoms with Crippen molar-refractivity contribution in [3.8, 4) is 0 Å². The molecule has 228 valence electrons. The number of nitrogens with one attached hydrogen (secondary N) is 3. The molecule has 1 aromatic rings. The zero-order chi connectivity index (χ0) is 28.5. The number of likely N-dealkylation sites (tertiary alicyclic amines) is 1. The first-order chi connectivity index (χ1) is 20.1. The maximum atomic E-state index is 13.7. The first-order valence-electron chi connectivity index (χ1n) is 16.7. The highest BCUT2D eigenvalue weighted by atomic mass is 16.5. The zero-order valence-electron chi connectivity index (χ0n) is 25.3. The van der Waals surface area contributed by atoms with Gasteiger partial charge in [-0.2, -0.15) is 0 Å². The summed E-state index contributed by atoms with van der Waals surface area (Å²) in [6, 6.07) is 1.74.